The Morgan fingerprint density at radius 3 is 2.64 bits per heavy atom. The summed E-state index contributed by atoms with van der Waals surface area (Å²) in [4.78, 5) is 4.75. The summed E-state index contributed by atoms with van der Waals surface area (Å²) in [5, 5.41) is 0. The fraction of sp³-hybridized carbons (Fsp3) is 0.353. The Bertz CT molecular complexity index is 781. The first-order valence-corrected chi connectivity index (χ1v) is 9.03. The van der Waals surface area contributed by atoms with Crippen LogP contribution in [-0.4, -0.2) is 19.4 Å². The highest BCUT2D eigenvalue weighted by atomic mass is 32.2. The fourth-order valence-corrected chi connectivity index (χ4v) is 3.79. The minimum atomic E-state index is -3.43. The summed E-state index contributed by atoms with van der Waals surface area (Å²) >= 11 is 0. The monoisotopic (exact) mass is 316 g/mol. The molecule has 22 heavy (non-hydrogen) atoms. The molecule has 2 aromatic rings. The highest BCUT2D eigenvalue weighted by Crippen LogP contribution is 2.29. The van der Waals surface area contributed by atoms with Crippen molar-refractivity contribution in [1.29, 1.82) is 0 Å². The van der Waals surface area contributed by atoms with Gasteiger partial charge in [0.15, 0.2) is 0 Å². The third-order valence-electron chi connectivity index (χ3n) is 3.74. The molecule has 5 heteroatoms. The molecule has 1 fully saturated rings. The van der Waals surface area contributed by atoms with E-state index in [0.717, 1.165) is 29.7 Å². The van der Waals surface area contributed by atoms with Gasteiger partial charge < -0.3 is 0 Å². The predicted octanol–water partition coefficient (Wildman–Crippen LogP) is 3.31. The lowest BCUT2D eigenvalue weighted by atomic mass is 9.98. The van der Waals surface area contributed by atoms with Crippen molar-refractivity contribution in [3.8, 4) is 11.1 Å². The second-order valence-corrected chi connectivity index (χ2v) is 7.73. The van der Waals surface area contributed by atoms with Gasteiger partial charge in [-0.3, -0.25) is 4.98 Å². The highest BCUT2D eigenvalue weighted by Gasteiger charge is 2.28. The van der Waals surface area contributed by atoms with E-state index in [9.17, 15) is 8.42 Å². The van der Waals surface area contributed by atoms with Crippen LogP contribution in [0.3, 0.4) is 0 Å². The largest absolute Gasteiger partial charge is 0.260 e. The SMILES string of the molecule is CC(C)c1ncccc1-c1cccc(S(=O)(=O)NC2CC2)c1. The van der Waals surface area contributed by atoms with Gasteiger partial charge in [-0.2, -0.15) is 0 Å². The van der Waals surface area contributed by atoms with E-state index in [1.165, 1.54) is 0 Å². The van der Waals surface area contributed by atoms with Gasteiger partial charge in [0.2, 0.25) is 10.0 Å². The van der Waals surface area contributed by atoms with Crippen LogP contribution in [0.4, 0.5) is 0 Å². The van der Waals surface area contributed by atoms with Crippen molar-refractivity contribution in [3.05, 3.63) is 48.3 Å². The zero-order chi connectivity index (χ0) is 15.7. The molecule has 116 valence electrons. The summed E-state index contributed by atoms with van der Waals surface area (Å²) < 4.78 is 27.4. The topological polar surface area (TPSA) is 59.1 Å². The number of sulfonamides is 1. The fourth-order valence-electron chi connectivity index (χ4n) is 2.44. The lowest BCUT2D eigenvalue weighted by molar-refractivity contribution is 0.581. The molecular formula is C17H20N2O2S. The van der Waals surface area contributed by atoms with E-state index in [4.69, 9.17) is 0 Å². The predicted molar refractivity (Wildman–Crippen MR) is 87.1 cm³/mol. The van der Waals surface area contributed by atoms with Crippen LogP contribution in [0.15, 0.2) is 47.5 Å². The molecule has 1 saturated carbocycles. The Hall–Kier alpha value is -1.72. The second kappa shape index (κ2) is 5.82. The van der Waals surface area contributed by atoms with Gasteiger partial charge in [0.05, 0.1) is 10.6 Å². The van der Waals surface area contributed by atoms with Crippen molar-refractivity contribution in [3.63, 3.8) is 0 Å². The van der Waals surface area contributed by atoms with Gasteiger partial charge in [-0.15, -0.1) is 0 Å². The first-order chi connectivity index (χ1) is 10.5. The molecule has 0 radical (unpaired) electrons. The van der Waals surface area contributed by atoms with Crippen LogP contribution in [0.1, 0.15) is 38.3 Å². The molecule has 0 atom stereocenters. The smallest absolute Gasteiger partial charge is 0.240 e. The number of nitrogens with one attached hydrogen (secondary N) is 1. The van der Waals surface area contributed by atoms with E-state index in [-0.39, 0.29) is 12.0 Å². The lowest BCUT2D eigenvalue weighted by Crippen LogP contribution is -2.25. The van der Waals surface area contributed by atoms with E-state index in [1.807, 2.05) is 18.2 Å². The molecule has 0 spiro atoms. The Morgan fingerprint density at radius 2 is 1.95 bits per heavy atom. The average molecular weight is 316 g/mol. The number of hydrogen-bond acceptors (Lipinski definition) is 3. The van der Waals surface area contributed by atoms with Gasteiger partial charge in [0, 0.05) is 17.8 Å². The molecule has 0 unspecified atom stereocenters. The van der Waals surface area contributed by atoms with Crippen LogP contribution < -0.4 is 4.72 Å². The molecule has 0 amide bonds. The maximum atomic E-state index is 12.4. The van der Waals surface area contributed by atoms with E-state index < -0.39 is 10.0 Å². The molecule has 1 aliphatic rings. The van der Waals surface area contributed by atoms with Gasteiger partial charge >= 0.3 is 0 Å². The minimum Gasteiger partial charge on any atom is -0.260 e. The summed E-state index contributed by atoms with van der Waals surface area (Å²) in [5.74, 6) is 0.279. The second-order valence-electron chi connectivity index (χ2n) is 6.01. The Balaban J connectivity index is 2.01. The van der Waals surface area contributed by atoms with Crippen molar-refractivity contribution in [2.45, 2.75) is 43.5 Å². The first kappa shape index (κ1) is 15.2. The molecule has 3 rings (SSSR count). The summed E-state index contributed by atoms with van der Waals surface area (Å²) in [5.41, 5.74) is 2.85. The summed E-state index contributed by atoms with van der Waals surface area (Å²) in [6, 6.07) is 11.1. The van der Waals surface area contributed by atoms with Crippen LogP contribution in [0.25, 0.3) is 11.1 Å². The number of aromatic nitrogens is 1. The molecule has 0 aliphatic heterocycles. The van der Waals surface area contributed by atoms with E-state index >= 15 is 0 Å². The van der Waals surface area contributed by atoms with Crippen LogP contribution in [-0.2, 0) is 10.0 Å². The van der Waals surface area contributed by atoms with Crippen LogP contribution >= 0.6 is 0 Å². The Morgan fingerprint density at radius 1 is 1.18 bits per heavy atom. The van der Waals surface area contributed by atoms with Crippen molar-refractivity contribution < 1.29 is 8.42 Å². The molecule has 0 saturated heterocycles. The highest BCUT2D eigenvalue weighted by molar-refractivity contribution is 7.89. The summed E-state index contributed by atoms with van der Waals surface area (Å²) in [6.07, 6.45) is 3.63. The number of nitrogens with zero attached hydrogens (tertiary/aromatic N) is 1. The van der Waals surface area contributed by atoms with E-state index in [2.05, 4.69) is 23.6 Å². The lowest BCUT2D eigenvalue weighted by Gasteiger charge is -2.13. The molecule has 1 aliphatic carbocycles. The molecule has 1 aromatic carbocycles. The summed E-state index contributed by atoms with van der Waals surface area (Å²) in [6.45, 7) is 4.17. The normalized spacial score (nSPS) is 15.2. The zero-order valence-electron chi connectivity index (χ0n) is 12.8. The zero-order valence-corrected chi connectivity index (χ0v) is 13.6. The Labute approximate surface area is 131 Å². The van der Waals surface area contributed by atoms with Gasteiger partial charge in [-0.1, -0.05) is 32.0 Å². The first-order valence-electron chi connectivity index (χ1n) is 7.55. The molecule has 1 N–H and O–H groups in total. The number of hydrogen-bond donors (Lipinski definition) is 1. The van der Waals surface area contributed by atoms with E-state index in [0.29, 0.717) is 4.90 Å². The van der Waals surface area contributed by atoms with Gasteiger partial charge in [-0.05, 0) is 42.5 Å². The summed E-state index contributed by atoms with van der Waals surface area (Å²) in [7, 11) is -3.43. The molecule has 1 aromatic heterocycles. The molecule has 0 bridgehead atoms. The maximum Gasteiger partial charge on any atom is 0.240 e. The standard InChI is InChI=1S/C17H20N2O2S/c1-12(2)17-16(7-4-10-18-17)13-5-3-6-15(11-13)22(20,21)19-14-8-9-14/h3-7,10-12,14,19H,8-9H2,1-2H3. The van der Waals surface area contributed by atoms with Crippen molar-refractivity contribution in [1.82, 2.24) is 9.71 Å². The third kappa shape index (κ3) is 3.20. The minimum absolute atomic E-state index is 0.110. The van der Waals surface area contributed by atoms with Crippen LogP contribution in [0.2, 0.25) is 0 Å². The van der Waals surface area contributed by atoms with Gasteiger partial charge in [0.25, 0.3) is 0 Å². The number of benzene rings is 1. The maximum absolute atomic E-state index is 12.4. The van der Waals surface area contributed by atoms with Gasteiger partial charge in [0.1, 0.15) is 0 Å². The van der Waals surface area contributed by atoms with Crippen LogP contribution in [0.5, 0.6) is 0 Å². The van der Waals surface area contributed by atoms with E-state index in [1.54, 1.807) is 24.4 Å². The van der Waals surface area contributed by atoms with Crippen LogP contribution in [0, 0.1) is 0 Å². The molecule has 1 heterocycles. The Kier molecular flexibility index (Phi) is 4.02. The van der Waals surface area contributed by atoms with Gasteiger partial charge in [-0.25, -0.2) is 13.1 Å². The quantitative estimate of drug-likeness (QED) is 0.920. The van der Waals surface area contributed by atoms with Crippen molar-refractivity contribution in [2.75, 3.05) is 0 Å². The molecule has 4 nitrogen and oxygen atoms in total. The van der Waals surface area contributed by atoms with Crippen molar-refractivity contribution >= 4 is 10.0 Å². The number of rotatable bonds is 5. The molecular weight excluding hydrogens is 296 g/mol. The van der Waals surface area contributed by atoms with Crippen molar-refractivity contribution in [2.24, 2.45) is 0 Å². The average Bonchev–Trinajstić information content (AvgIpc) is 3.30. The third-order valence-corrected chi connectivity index (χ3v) is 5.26. The number of pyridine rings is 1.